The normalized spacial score (nSPS) is 12.2. The molecule has 0 fully saturated rings. The molecule has 4 aromatic heterocycles. The number of thiophene rings is 2. The molecule has 52 heavy (non-hydrogen) atoms. The number of para-hydroxylation sites is 2. The van der Waals surface area contributed by atoms with Crippen molar-refractivity contribution < 1.29 is 0 Å². The van der Waals surface area contributed by atoms with Gasteiger partial charge in [-0.15, -0.1) is 22.7 Å². The highest BCUT2D eigenvalue weighted by atomic mass is 32.1. The molecular weight excluding hydrogens is 669 g/mol. The van der Waals surface area contributed by atoms with Gasteiger partial charge in [0.2, 0.25) is 0 Å². The molecule has 0 atom stereocenters. The van der Waals surface area contributed by atoms with Crippen molar-refractivity contribution in [1.29, 1.82) is 0 Å². The predicted octanol–water partition coefficient (Wildman–Crippen LogP) is 14.3. The molecule has 0 amide bonds. The van der Waals surface area contributed by atoms with Crippen LogP contribution in [0.3, 0.4) is 0 Å². The van der Waals surface area contributed by atoms with Gasteiger partial charge in [0.05, 0.1) is 22.1 Å². The summed E-state index contributed by atoms with van der Waals surface area (Å²) >= 11 is 3.77. The highest BCUT2D eigenvalue weighted by molar-refractivity contribution is 7.27. The molecular formula is C48H28N2S2. The summed E-state index contributed by atoms with van der Waals surface area (Å²) < 4.78 is 10.2. The van der Waals surface area contributed by atoms with Crippen LogP contribution in [0, 0.1) is 0 Å². The Hall–Kier alpha value is -6.20. The Labute approximate surface area is 306 Å². The monoisotopic (exact) mass is 696 g/mol. The third-order valence-electron chi connectivity index (χ3n) is 10.9. The lowest BCUT2D eigenvalue weighted by Crippen LogP contribution is -1.96. The number of fused-ring (bicyclic) bond motifs is 13. The minimum Gasteiger partial charge on any atom is -0.309 e. The molecule has 2 nitrogen and oxygen atoms in total. The zero-order valence-corrected chi connectivity index (χ0v) is 29.5. The van der Waals surface area contributed by atoms with Crippen molar-refractivity contribution in [2.45, 2.75) is 0 Å². The first-order chi connectivity index (χ1) is 25.8. The molecule has 0 bridgehead atoms. The van der Waals surface area contributed by atoms with Gasteiger partial charge in [-0.05, 0) is 83.9 Å². The summed E-state index contributed by atoms with van der Waals surface area (Å²) in [5.74, 6) is 0. The van der Waals surface area contributed by atoms with Crippen molar-refractivity contribution in [3.8, 4) is 22.5 Å². The minimum absolute atomic E-state index is 1.16. The molecule has 4 heterocycles. The topological polar surface area (TPSA) is 9.86 Å². The van der Waals surface area contributed by atoms with Crippen molar-refractivity contribution in [2.75, 3.05) is 0 Å². The molecule has 242 valence electrons. The Kier molecular flexibility index (Phi) is 5.84. The Morgan fingerprint density at radius 2 is 0.885 bits per heavy atom. The highest BCUT2D eigenvalue weighted by Crippen LogP contribution is 2.45. The molecule has 0 saturated carbocycles. The zero-order valence-electron chi connectivity index (χ0n) is 27.9. The summed E-state index contributed by atoms with van der Waals surface area (Å²) in [6, 6.07) is 62.9. The number of hydrogen-bond donors (Lipinski definition) is 0. The lowest BCUT2D eigenvalue weighted by molar-refractivity contribution is 1.17. The maximum absolute atomic E-state index is 2.48. The molecule has 12 aromatic rings. The maximum Gasteiger partial charge on any atom is 0.0555 e. The van der Waals surface area contributed by atoms with Gasteiger partial charge in [0, 0.05) is 73.3 Å². The first-order valence-corrected chi connectivity index (χ1v) is 19.3. The van der Waals surface area contributed by atoms with Gasteiger partial charge in [-0.2, -0.15) is 0 Å². The average molecular weight is 697 g/mol. The van der Waals surface area contributed by atoms with Crippen LogP contribution in [0.1, 0.15) is 0 Å². The van der Waals surface area contributed by atoms with Crippen LogP contribution in [0.5, 0.6) is 0 Å². The van der Waals surface area contributed by atoms with Crippen molar-refractivity contribution in [2.24, 2.45) is 0 Å². The lowest BCUT2D eigenvalue weighted by atomic mass is 10.0. The maximum atomic E-state index is 2.48. The Balaban J connectivity index is 1.14. The fourth-order valence-electron chi connectivity index (χ4n) is 8.62. The van der Waals surface area contributed by atoms with E-state index < -0.39 is 0 Å². The third-order valence-corrected chi connectivity index (χ3v) is 13.3. The fraction of sp³-hybridized carbons (Fsp3) is 0. The molecule has 0 aliphatic carbocycles. The molecule has 12 rings (SSSR count). The van der Waals surface area contributed by atoms with Gasteiger partial charge in [0.15, 0.2) is 0 Å². The minimum atomic E-state index is 1.16. The van der Waals surface area contributed by atoms with Gasteiger partial charge in [0.1, 0.15) is 0 Å². The van der Waals surface area contributed by atoms with E-state index in [4.69, 9.17) is 0 Å². The first kappa shape index (κ1) is 28.5. The van der Waals surface area contributed by atoms with Crippen LogP contribution in [0.25, 0.3) is 106 Å². The standard InChI is InChI=1S/C48H28N2S2/c1-5-16-40-33(12-1)34-13-2-6-17-41(34)49(40)32-21-23-42-39(28-32)47-43(24-22-37-35-14-3-8-19-45(35)52-48(37)47)50(42)31-11-9-10-29(26-31)30-20-25-46-38(27-30)36-15-4-7-18-44(36)51-46/h1-28H. The molecule has 4 heteroatoms. The fourth-order valence-corrected chi connectivity index (χ4v) is 11.0. The van der Waals surface area contributed by atoms with Crippen molar-refractivity contribution in [3.63, 3.8) is 0 Å². The van der Waals surface area contributed by atoms with Crippen LogP contribution in [0.2, 0.25) is 0 Å². The predicted molar refractivity (Wildman–Crippen MR) is 226 cm³/mol. The second kappa shape index (κ2) is 10.7. The van der Waals surface area contributed by atoms with E-state index >= 15 is 0 Å². The van der Waals surface area contributed by atoms with Crippen molar-refractivity contribution >= 4 is 107 Å². The molecule has 0 aliphatic rings. The van der Waals surface area contributed by atoms with Gasteiger partial charge < -0.3 is 9.13 Å². The SMILES string of the molecule is c1cc(-c2ccc3sc4ccccc4c3c2)cc(-n2c3ccc(-n4c5ccccc5c5ccccc54)cc3c3c4sc5ccccc5c4ccc32)c1. The summed E-state index contributed by atoms with van der Waals surface area (Å²) in [6.07, 6.45) is 0. The number of aromatic nitrogens is 2. The summed E-state index contributed by atoms with van der Waals surface area (Å²) in [5.41, 5.74) is 9.67. The Morgan fingerprint density at radius 3 is 1.67 bits per heavy atom. The van der Waals surface area contributed by atoms with E-state index in [9.17, 15) is 0 Å². The van der Waals surface area contributed by atoms with E-state index in [0.29, 0.717) is 0 Å². The van der Waals surface area contributed by atoms with Crippen molar-refractivity contribution in [3.05, 3.63) is 170 Å². The van der Waals surface area contributed by atoms with E-state index in [0.717, 1.165) is 5.69 Å². The third kappa shape index (κ3) is 3.93. The van der Waals surface area contributed by atoms with E-state index in [1.54, 1.807) is 0 Å². The van der Waals surface area contributed by atoms with Gasteiger partial charge in [0.25, 0.3) is 0 Å². The van der Waals surface area contributed by atoms with Crippen LogP contribution < -0.4 is 0 Å². The van der Waals surface area contributed by atoms with Gasteiger partial charge in [-0.25, -0.2) is 0 Å². The Morgan fingerprint density at radius 1 is 0.308 bits per heavy atom. The molecule has 0 aliphatic heterocycles. The van der Waals surface area contributed by atoms with Gasteiger partial charge >= 0.3 is 0 Å². The largest absolute Gasteiger partial charge is 0.309 e. The summed E-state index contributed by atoms with van der Waals surface area (Å²) in [4.78, 5) is 0. The zero-order chi connectivity index (χ0) is 33.9. The summed E-state index contributed by atoms with van der Waals surface area (Å²) in [7, 11) is 0. The number of benzene rings is 8. The van der Waals surface area contributed by atoms with Crippen LogP contribution in [0.4, 0.5) is 0 Å². The second-order valence-corrected chi connectivity index (χ2v) is 15.8. The molecule has 8 aromatic carbocycles. The van der Waals surface area contributed by atoms with Crippen LogP contribution in [-0.2, 0) is 0 Å². The highest BCUT2D eigenvalue weighted by Gasteiger charge is 2.20. The smallest absolute Gasteiger partial charge is 0.0555 e. The van der Waals surface area contributed by atoms with E-state index in [1.807, 2.05) is 22.7 Å². The molecule has 0 unspecified atom stereocenters. The van der Waals surface area contributed by atoms with Crippen LogP contribution in [0.15, 0.2) is 170 Å². The van der Waals surface area contributed by atoms with Gasteiger partial charge in [-0.1, -0.05) is 97.1 Å². The number of hydrogen-bond acceptors (Lipinski definition) is 2. The van der Waals surface area contributed by atoms with E-state index in [1.165, 1.54) is 101 Å². The van der Waals surface area contributed by atoms with E-state index in [2.05, 4.69) is 179 Å². The molecule has 0 spiro atoms. The quantitative estimate of drug-likeness (QED) is 0.174. The van der Waals surface area contributed by atoms with Gasteiger partial charge in [-0.3, -0.25) is 0 Å². The Bertz CT molecular complexity index is 3370. The van der Waals surface area contributed by atoms with E-state index in [-0.39, 0.29) is 0 Å². The van der Waals surface area contributed by atoms with Crippen LogP contribution >= 0.6 is 22.7 Å². The molecule has 0 radical (unpaired) electrons. The average Bonchev–Trinajstić information content (AvgIpc) is 3.95. The van der Waals surface area contributed by atoms with Crippen molar-refractivity contribution in [1.82, 2.24) is 9.13 Å². The molecule has 0 saturated heterocycles. The lowest BCUT2D eigenvalue weighted by Gasteiger charge is -2.12. The summed E-state index contributed by atoms with van der Waals surface area (Å²) in [6.45, 7) is 0. The van der Waals surface area contributed by atoms with Crippen LogP contribution in [-0.4, -0.2) is 9.13 Å². The second-order valence-electron chi connectivity index (χ2n) is 13.7. The molecule has 0 N–H and O–H groups in total. The summed E-state index contributed by atoms with van der Waals surface area (Å²) in [5, 5.41) is 10.4. The first-order valence-electron chi connectivity index (χ1n) is 17.7. The number of nitrogens with zero attached hydrogens (tertiary/aromatic N) is 2. The number of rotatable bonds is 3.